The molecule has 39 heavy (non-hydrogen) atoms. The normalized spacial score (nSPS) is 12.8. The van der Waals surface area contributed by atoms with Gasteiger partial charge in [0, 0.05) is 36.0 Å². The second-order valence-corrected chi connectivity index (χ2v) is 10.1. The topological polar surface area (TPSA) is 96.2 Å². The molecule has 0 spiro atoms. The van der Waals surface area contributed by atoms with Crippen LogP contribution in [0.15, 0.2) is 73.1 Å². The van der Waals surface area contributed by atoms with Crippen LogP contribution in [0.5, 0.6) is 11.5 Å². The van der Waals surface area contributed by atoms with Crippen LogP contribution in [0, 0.1) is 6.92 Å². The third kappa shape index (κ3) is 4.44. The number of carbonyl (C=O) groups excluding carboxylic acids is 2. The Kier molecular flexibility index (Phi) is 5.95. The lowest BCUT2D eigenvalue weighted by atomic mass is 9.97. The molecular weight excluding hydrogens is 492 g/mol. The van der Waals surface area contributed by atoms with E-state index in [2.05, 4.69) is 29.4 Å². The smallest absolute Gasteiger partial charge is 0.278 e. The predicted octanol–water partition coefficient (Wildman–Crippen LogP) is 5.74. The van der Waals surface area contributed by atoms with Gasteiger partial charge >= 0.3 is 0 Å². The molecular formula is C31H28N4O4. The predicted molar refractivity (Wildman–Crippen MR) is 151 cm³/mol. The molecule has 5 aromatic rings. The zero-order valence-corrected chi connectivity index (χ0v) is 21.9. The zero-order valence-electron chi connectivity index (χ0n) is 21.9. The first-order chi connectivity index (χ1) is 18.8. The van der Waals surface area contributed by atoms with Gasteiger partial charge in [0.1, 0.15) is 22.8 Å². The third-order valence-electron chi connectivity index (χ3n) is 6.96. The van der Waals surface area contributed by atoms with Crippen LogP contribution in [0.3, 0.4) is 0 Å². The molecule has 0 radical (unpaired) electrons. The molecule has 2 aromatic heterocycles. The van der Waals surface area contributed by atoms with E-state index < -0.39 is 0 Å². The molecule has 0 saturated heterocycles. The van der Waals surface area contributed by atoms with Crippen molar-refractivity contribution < 1.29 is 19.4 Å². The average molecular weight is 521 g/mol. The fourth-order valence-corrected chi connectivity index (χ4v) is 5.21. The van der Waals surface area contributed by atoms with Gasteiger partial charge in [-0.2, -0.15) is 0 Å². The lowest BCUT2D eigenvalue weighted by molar-refractivity contribution is 0.0983. The van der Waals surface area contributed by atoms with Crippen molar-refractivity contribution in [1.82, 2.24) is 9.38 Å². The molecule has 6 rings (SSSR count). The summed E-state index contributed by atoms with van der Waals surface area (Å²) in [6, 6.07) is 17.7. The van der Waals surface area contributed by atoms with Crippen molar-refractivity contribution in [3.63, 3.8) is 0 Å². The molecule has 0 atom stereocenters. The molecule has 3 heterocycles. The van der Waals surface area contributed by atoms with Crippen LogP contribution < -0.4 is 15.0 Å². The number of aromatic nitrogens is 2. The standard InChI is InChI=1S/C31H28N4O4/c1-18(2)39-27-15-26-23(29-19(3)5-4-6-24(27)29)13-14-35(26)31(38)25-17-34-16-21(9-12-28(34)33-25)32-30(37)20-7-10-22(36)11-8-20/h4-12,15-18,36H,13-14H2,1-3H3,(H,32,37). The molecule has 3 aromatic carbocycles. The number of nitrogens with one attached hydrogen (secondary N) is 1. The first-order valence-electron chi connectivity index (χ1n) is 12.9. The van der Waals surface area contributed by atoms with Crippen molar-refractivity contribution in [3.05, 3.63) is 95.4 Å². The molecule has 0 unspecified atom stereocenters. The minimum Gasteiger partial charge on any atom is -0.508 e. The monoisotopic (exact) mass is 520 g/mol. The van der Waals surface area contributed by atoms with Crippen LogP contribution in [0.4, 0.5) is 11.4 Å². The van der Waals surface area contributed by atoms with Gasteiger partial charge in [0.2, 0.25) is 0 Å². The number of benzene rings is 3. The van der Waals surface area contributed by atoms with Crippen molar-refractivity contribution in [2.24, 2.45) is 0 Å². The molecule has 0 saturated carbocycles. The van der Waals surface area contributed by atoms with E-state index in [1.807, 2.05) is 26.0 Å². The minimum atomic E-state index is -0.304. The number of phenolic OH excluding ortho intramolecular Hbond substituents is 1. The number of anilines is 2. The highest BCUT2D eigenvalue weighted by Crippen LogP contribution is 2.42. The SMILES string of the molecule is Cc1cccc2c(OC(C)C)cc3c(c12)CCN3C(=O)c1cn2cc(NC(=O)c3ccc(O)cc3)ccc2n1. The van der Waals surface area contributed by atoms with E-state index in [1.165, 1.54) is 12.1 Å². The van der Waals surface area contributed by atoms with E-state index in [0.29, 0.717) is 29.1 Å². The third-order valence-corrected chi connectivity index (χ3v) is 6.96. The maximum absolute atomic E-state index is 13.7. The van der Waals surface area contributed by atoms with Crippen LogP contribution in [-0.2, 0) is 6.42 Å². The number of rotatable bonds is 5. The number of pyridine rings is 1. The Balaban J connectivity index is 1.31. The number of phenols is 1. The molecule has 2 N–H and O–H groups in total. The molecule has 2 amide bonds. The van der Waals surface area contributed by atoms with E-state index in [4.69, 9.17) is 4.74 Å². The second-order valence-electron chi connectivity index (χ2n) is 10.1. The molecule has 0 aliphatic carbocycles. The van der Waals surface area contributed by atoms with Crippen molar-refractivity contribution in [3.8, 4) is 11.5 Å². The van der Waals surface area contributed by atoms with E-state index in [0.717, 1.165) is 39.8 Å². The number of fused-ring (bicyclic) bond motifs is 4. The lowest BCUT2D eigenvalue weighted by Gasteiger charge is -2.20. The van der Waals surface area contributed by atoms with Gasteiger partial charge in [-0.25, -0.2) is 4.98 Å². The summed E-state index contributed by atoms with van der Waals surface area (Å²) in [6.07, 6.45) is 4.16. The van der Waals surface area contributed by atoms with Gasteiger partial charge in [-0.3, -0.25) is 9.59 Å². The number of ether oxygens (including phenoxy) is 1. The number of aryl methyl sites for hydroxylation is 1. The van der Waals surface area contributed by atoms with Gasteiger partial charge in [0.05, 0.1) is 17.5 Å². The van der Waals surface area contributed by atoms with Crippen molar-refractivity contribution in [2.75, 3.05) is 16.8 Å². The Morgan fingerprint density at radius 2 is 1.85 bits per heavy atom. The van der Waals surface area contributed by atoms with E-state index in [1.54, 1.807) is 46.0 Å². The Bertz CT molecular complexity index is 1750. The van der Waals surface area contributed by atoms with Crippen LogP contribution >= 0.6 is 0 Å². The summed E-state index contributed by atoms with van der Waals surface area (Å²) >= 11 is 0. The van der Waals surface area contributed by atoms with Gasteiger partial charge in [-0.15, -0.1) is 0 Å². The fourth-order valence-electron chi connectivity index (χ4n) is 5.21. The van der Waals surface area contributed by atoms with Gasteiger partial charge in [-0.05, 0) is 80.1 Å². The summed E-state index contributed by atoms with van der Waals surface area (Å²) in [4.78, 5) is 32.7. The van der Waals surface area contributed by atoms with Crippen molar-refractivity contribution >= 4 is 39.6 Å². The Labute approximate surface area is 225 Å². The summed E-state index contributed by atoms with van der Waals surface area (Å²) in [5, 5.41) is 14.5. The number of aromatic hydroxyl groups is 1. The van der Waals surface area contributed by atoms with Crippen LogP contribution in [0.2, 0.25) is 0 Å². The molecule has 1 aliphatic heterocycles. The van der Waals surface area contributed by atoms with E-state index >= 15 is 0 Å². The Morgan fingerprint density at radius 3 is 2.62 bits per heavy atom. The first-order valence-corrected chi connectivity index (χ1v) is 12.9. The van der Waals surface area contributed by atoms with Crippen LogP contribution in [-0.4, -0.2) is 39.0 Å². The van der Waals surface area contributed by atoms with Gasteiger partial charge < -0.3 is 24.5 Å². The van der Waals surface area contributed by atoms with Gasteiger partial charge in [0.25, 0.3) is 11.8 Å². The number of hydrogen-bond donors (Lipinski definition) is 2. The summed E-state index contributed by atoms with van der Waals surface area (Å²) in [7, 11) is 0. The summed E-state index contributed by atoms with van der Waals surface area (Å²) in [5.41, 5.74) is 5.06. The zero-order chi connectivity index (χ0) is 27.3. The maximum atomic E-state index is 13.7. The van der Waals surface area contributed by atoms with Crippen molar-refractivity contribution in [1.29, 1.82) is 0 Å². The highest BCUT2D eigenvalue weighted by molar-refractivity contribution is 6.10. The fraction of sp³-hybridized carbons (Fsp3) is 0.194. The quantitative estimate of drug-likeness (QED) is 0.308. The highest BCUT2D eigenvalue weighted by atomic mass is 16.5. The Hall–Kier alpha value is -4.85. The number of imidazole rings is 1. The maximum Gasteiger partial charge on any atom is 0.278 e. The van der Waals surface area contributed by atoms with Crippen LogP contribution in [0.25, 0.3) is 16.4 Å². The Morgan fingerprint density at radius 1 is 1.05 bits per heavy atom. The van der Waals surface area contributed by atoms with Crippen LogP contribution in [0.1, 0.15) is 45.8 Å². The molecule has 0 bridgehead atoms. The number of hydrogen-bond acceptors (Lipinski definition) is 5. The summed E-state index contributed by atoms with van der Waals surface area (Å²) in [6.45, 7) is 6.64. The largest absolute Gasteiger partial charge is 0.508 e. The van der Waals surface area contributed by atoms with Gasteiger partial charge in [0.15, 0.2) is 0 Å². The van der Waals surface area contributed by atoms with E-state index in [-0.39, 0.29) is 23.7 Å². The van der Waals surface area contributed by atoms with E-state index in [9.17, 15) is 14.7 Å². The van der Waals surface area contributed by atoms with Crippen molar-refractivity contribution in [2.45, 2.75) is 33.3 Å². The number of nitrogens with zero attached hydrogens (tertiary/aromatic N) is 3. The lowest BCUT2D eigenvalue weighted by Crippen LogP contribution is -2.29. The molecule has 0 fully saturated rings. The molecule has 196 valence electrons. The molecule has 8 heteroatoms. The number of carbonyl (C=O) groups is 2. The number of amides is 2. The molecule has 1 aliphatic rings. The first kappa shape index (κ1) is 24.5. The average Bonchev–Trinajstić information content (AvgIpc) is 3.52. The minimum absolute atomic E-state index is 0.000478. The summed E-state index contributed by atoms with van der Waals surface area (Å²) in [5.74, 6) is 0.374. The highest BCUT2D eigenvalue weighted by Gasteiger charge is 2.30. The summed E-state index contributed by atoms with van der Waals surface area (Å²) < 4.78 is 7.90. The second kappa shape index (κ2) is 9.47. The van der Waals surface area contributed by atoms with Gasteiger partial charge in [-0.1, -0.05) is 18.2 Å². The molecule has 8 nitrogen and oxygen atoms in total.